The highest BCUT2D eigenvalue weighted by Crippen LogP contribution is 1.97. The molecule has 1 aromatic rings. The molecule has 0 fully saturated rings. The Morgan fingerprint density at radius 2 is 2.54 bits per heavy atom. The number of rotatable bonds is 4. The molecule has 6 nitrogen and oxygen atoms in total. The number of hydrogen-bond acceptors (Lipinski definition) is 5. The number of aliphatic hydroxyl groups excluding tert-OH is 1. The van der Waals surface area contributed by atoms with Gasteiger partial charge in [-0.05, 0) is 0 Å². The van der Waals surface area contributed by atoms with E-state index in [1.54, 1.807) is 0 Å². The number of aromatic nitrogens is 2. The molecule has 6 heteroatoms. The monoisotopic (exact) mass is 185 g/mol. The molecule has 0 spiro atoms. The Morgan fingerprint density at radius 1 is 1.77 bits per heavy atom. The first-order chi connectivity index (χ1) is 6.22. The van der Waals surface area contributed by atoms with Gasteiger partial charge in [-0.3, -0.25) is 9.48 Å². The summed E-state index contributed by atoms with van der Waals surface area (Å²) in [5.74, 6) is -0.447. The van der Waals surface area contributed by atoms with Gasteiger partial charge >= 0.3 is 5.97 Å². The average molecular weight is 185 g/mol. The molecule has 0 aromatic carbocycles. The molecule has 0 aliphatic carbocycles. The molecule has 1 aromatic heterocycles. The predicted molar refractivity (Wildman–Crippen MR) is 44.7 cm³/mol. The van der Waals surface area contributed by atoms with Crippen molar-refractivity contribution in [2.24, 2.45) is 0 Å². The number of esters is 1. The van der Waals surface area contributed by atoms with Gasteiger partial charge in [0.1, 0.15) is 13.2 Å². The van der Waals surface area contributed by atoms with E-state index in [4.69, 9.17) is 10.8 Å². The number of aliphatic hydroxyl groups is 1. The second-order valence-electron chi connectivity index (χ2n) is 2.42. The van der Waals surface area contributed by atoms with Crippen LogP contribution in [0.25, 0.3) is 0 Å². The predicted octanol–water partition coefficient (Wildman–Crippen LogP) is -0.999. The topological polar surface area (TPSA) is 90.4 Å². The van der Waals surface area contributed by atoms with Crippen molar-refractivity contribution in [1.29, 1.82) is 0 Å². The van der Waals surface area contributed by atoms with Crippen molar-refractivity contribution in [3.63, 3.8) is 0 Å². The lowest BCUT2D eigenvalue weighted by Gasteiger charge is -2.01. The molecule has 0 aliphatic rings. The lowest BCUT2D eigenvalue weighted by Crippen LogP contribution is -2.15. The minimum Gasteiger partial charge on any atom is -0.462 e. The summed E-state index contributed by atoms with van der Waals surface area (Å²) >= 11 is 0. The van der Waals surface area contributed by atoms with Crippen molar-refractivity contribution < 1.29 is 14.6 Å². The Hall–Kier alpha value is -1.56. The Labute approximate surface area is 74.9 Å². The van der Waals surface area contributed by atoms with Crippen LogP contribution in [0.15, 0.2) is 12.4 Å². The molecule has 1 rings (SSSR count). The third-order valence-electron chi connectivity index (χ3n) is 1.30. The van der Waals surface area contributed by atoms with Crippen LogP contribution in [-0.2, 0) is 16.1 Å². The molecule has 3 N–H and O–H groups in total. The fraction of sp³-hybridized carbons (Fsp3) is 0.429. The Balaban J connectivity index is 2.36. The summed E-state index contributed by atoms with van der Waals surface area (Å²) in [6.07, 6.45) is 2.97. The summed E-state index contributed by atoms with van der Waals surface area (Å²) in [7, 11) is 0. The quantitative estimate of drug-likeness (QED) is 0.587. The van der Waals surface area contributed by atoms with Crippen molar-refractivity contribution >= 4 is 11.7 Å². The normalized spacial score (nSPS) is 9.92. The number of carbonyl (C=O) groups excluding carboxylic acids is 1. The van der Waals surface area contributed by atoms with Gasteiger partial charge in [-0.15, -0.1) is 0 Å². The van der Waals surface area contributed by atoms with Gasteiger partial charge in [-0.2, -0.15) is 5.10 Å². The SMILES string of the molecule is Nc1cnn(CC(=O)OCCO)c1. The summed E-state index contributed by atoms with van der Waals surface area (Å²) < 4.78 is 5.98. The first-order valence-corrected chi connectivity index (χ1v) is 3.77. The largest absolute Gasteiger partial charge is 0.462 e. The number of carbonyl (C=O) groups is 1. The highest BCUT2D eigenvalue weighted by Gasteiger charge is 2.04. The molecule has 0 saturated carbocycles. The lowest BCUT2D eigenvalue weighted by atomic mass is 10.6. The Morgan fingerprint density at radius 3 is 3.08 bits per heavy atom. The molecule has 0 atom stereocenters. The van der Waals surface area contributed by atoms with Crippen molar-refractivity contribution in [3.05, 3.63) is 12.4 Å². The van der Waals surface area contributed by atoms with Crippen LogP contribution in [0, 0.1) is 0 Å². The molecule has 0 bridgehead atoms. The number of anilines is 1. The van der Waals surface area contributed by atoms with E-state index in [9.17, 15) is 4.79 Å². The standard InChI is InChI=1S/C7H11N3O3/c8-6-3-9-10(4-6)5-7(12)13-2-1-11/h3-4,11H,1-2,5,8H2. The second-order valence-corrected chi connectivity index (χ2v) is 2.42. The average Bonchev–Trinajstić information content (AvgIpc) is 2.48. The fourth-order valence-electron chi connectivity index (χ4n) is 0.803. The van der Waals surface area contributed by atoms with Crippen LogP contribution in [0.1, 0.15) is 0 Å². The minimum absolute atomic E-state index is 0.00951. The van der Waals surface area contributed by atoms with E-state index in [0.717, 1.165) is 0 Å². The van der Waals surface area contributed by atoms with Crippen molar-refractivity contribution in [2.45, 2.75) is 6.54 Å². The summed E-state index contributed by atoms with van der Waals surface area (Å²) in [6.45, 7) is -0.153. The van der Waals surface area contributed by atoms with Crippen LogP contribution >= 0.6 is 0 Å². The van der Waals surface area contributed by atoms with Gasteiger partial charge in [0.15, 0.2) is 0 Å². The lowest BCUT2D eigenvalue weighted by molar-refractivity contribution is -0.145. The smallest absolute Gasteiger partial charge is 0.327 e. The number of hydrogen-bond donors (Lipinski definition) is 2. The van der Waals surface area contributed by atoms with Crippen molar-refractivity contribution in [3.8, 4) is 0 Å². The molecule has 0 aliphatic heterocycles. The molecule has 0 radical (unpaired) electrons. The van der Waals surface area contributed by atoms with E-state index in [1.807, 2.05) is 0 Å². The number of nitrogen functional groups attached to an aromatic ring is 1. The van der Waals surface area contributed by atoms with Gasteiger partial charge < -0.3 is 15.6 Å². The highest BCUT2D eigenvalue weighted by molar-refractivity contribution is 5.69. The second kappa shape index (κ2) is 4.46. The van der Waals surface area contributed by atoms with E-state index < -0.39 is 5.97 Å². The zero-order valence-corrected chi connectivity index (χ0v) is 7.01. The molecule has 0 unspecified atom stereocenters. The van der Waals surface area contributed by atoms with Crippen LogP contribution < -0.4 is 5.73 Å². The molecular formula is C7H11N3O3. The van der Waals surface area contributed by atoms with E-state index in [2.05, 4.69) is 9.84 Å². The van der Waals surface area contributed by atoms with Crippen LogP contribution in [0.5, 0.6) is 0 Å². The van der Waals surface area contributed by atoms with Gasteiger partial charge in [-0.1, -0.05) is 0 Å². The van der Waals surface area contributed by atoms with Gasteiger partial charge in [0.2, 0.25) is 0 Å². The van der Waals surface area contributed by atoms with Crippen LogP contribution in [-0.4, -0.2) is 34.1 Å². The fourth-order valence-corrected chi connectivity index (χ4v) is 0.803. The highest BCUT2D eigenvalue weighted by atomic mass is 16.5. The number of nitrogens with zero attached hydrogens (tertiary/aromatic N) is 2. The van der Waals surface area contributed by atoms with Gasteiger partial charge in [0.05, 0.1) is 18.5 Å². The molecule has 13 heavy (non-hydrogen) atoms. The zero-order chi connectivity index (χ0) is 9.68. The van der Waals surface area contributed by atoms with Crippen LogP contribution in [0.4, 0.5) is 5.69 Å². The van der Waals surface area contributed by atoms with E-state index in [-0.39, 0.29) is 19.8 Å². The molecule has 0 amide bonds. The van der Waals surface area contributed by atoms with Crippen molar-refractivity contribution in [1.82, 2.24) is 9.78 Å². The number of ether oxygens (including phenoxy) is 1. The Bertz CT molecular complexity index is 284. The number of nitrogens with two attached hydrogens (primary N) is 1. The molecular weight excluding hydrogens is 174 g/mol. The van der Waals surface area contributed by atoms with Gasteiger partial charge in [0.25, 0.3) is 0 Å². The van der Waals surface area contributed by atoms with E-state index >= 15 is 0 Å². The van der Waals surface area contributed by atoms with E-state index in [0.29, 0.717) is 5.69 Å². The first-order valence-electron chi connectivity index (χ1n) is 3.77. The summed E-state index contributed by atoms with van der Waals surface area (Å²) in [5, 5.41) is 12.2. The summed E-state index contributed by atoms with van der Waals surface area (Å²) in [5.41, 5.74) is 5.87. The first kappa shape index (κ1) is 9.53. The maximum atomic E-state index is 10.9. The van der Waals surface area contributed by atoms with E-state index in [1.165, 1.54) is 17.1 Å². The maximum absolute atomic E-state index is 10.9. The molecule has 72 valence electrons. The van der Waals surface area contributed by atoms with Crippen molar-refractivity contribution in [2.75, 3.05) is 18.9 Å². The van der Waals surface area contributed by atoms with Crippen LogP contribution in [0.2, 0.25) is 0 Å². The minimum atomic E-state index is -0.447. The van der Waals surface area contributed by atoms with Crippen LogP contribution in [0.3, 0.4) is 0 Å². The Kier molecular flexibility index (Phi) is 3.27. The van der Waals surface area contributed by atoms with Gasteiger partial charge in [0, 0.05) is 6.20 Å². The summed E-state index contributed by atoms with van der Waals surface area (Å²) in [4.78, 5) is 10.9. The molecule has 1 heterocycles. The zero-order valence-electron chi connectivity index (χ0n) is 7.01. The maximum Gasteiger partial charge on any atom is 0.327 e. The summed E-state index contributed by atoms with van der Waals surface area (Å²) in [6, 6.07) is 0. The van der Waals surface area contributed by atoms with Gasteiger partial charge in [-0.25, -0.2) is 0 Å². The molecule has 0 saturated heterocycles. The third kappa shape index (κ3) is 3.12. The third-order valence-corrected chi connectivity index (χ3v) is 1.30.